The predicted octanol–water partition coefficient (Wildman–Crippen LogP) is 2.89. The number of aliphatic hydroxyl groups is 1. The van der Waals surface area contributed by atoms with Gasteiger partial charge in [0.05, 0.1) is 16.9 Å². The molecule has 4 saturated carbocycles. The van der Waals surface area contributed by atoms with Crippen molar-refractivity contribution in [2.75, 3.05) is 6.61 Å². The van der Waals surface area contributed by atoms with Gasteiger partial charge in [0.2, 0.25) is 0 Å². The molecule has 1 aromatic carbocycles. The lowest BCUT2D eigenvalue weighted by molar-refractivity contribution is -0.269. The summed E-state index contributed by atoms with van der Waals surface area (Å²) in [7, 11) is 0. The Hall–Kier alpha value is -4.33. The molecule has 278 valence electrons. The third kappa shape index (κ3) is 6.40. The van der Waals surface area contributed by atoms with Crippen molar-refractivity contribution in [3.63, 3.8) is 0 Å². The topological polar surface area (TPSA) is 195 Å². The third-order valence-corrected chi connectivity index (χ3v) is 11.3. The maximum atomic E-state index is 14.2. The Kier molecular flexibility index (Phi) is 9.91. The minimum absolute atomic E-state index is 0.175. The fourth-order valence-corrected chi connectivity index (χ4v) is 9.77. The summed E-state index contributed by atoms with van der Waals surface area (Å²) in [5.74, 6) is -9.32. The lowest BCUT2D eigenvalue weighted by Gasteiger charge is -2.58. The maximum Gasteiger partial charge on any atom is 0.344 e. The van der Waals surface area contributed by atoms with Crippen LogP contribution in [0.2, 0.25) is 0 Å². The van der Waals surface area contributed by atoms with Crippen LogP contribution < -0.4 is 0 Å². The van der Waals surface area contributed by atoms with Crippen LogP contribution in [-0.2, 0) is 57.2 Å². The van der Waals surface area contributed by atoms with Gasteiger partial charge in [0.15, 0.2) is 24.4 Å². The number of ether oxygens (including phenoxy) is 6. The monoisotopic (exact) mass is 714 g/mol. The number of rotatable bonds is 8. The van der Waals surface area contributed by atoms with Gasteiger partial charge < -0.3 is 33.5 Å². The molecule has 51 heavy (non-hydrogen) atoms. The number of esters is 6. The Morgan fingerprint density at radius 2 is 1.39 bits per heavy atom. The van der Waals surface area contributed by atoms with Crippen LogP contribution in [0.5, 0.6) is 0 Å². The van der Waals surface area contributed by atoms with Gasteiger partial charge in [-0.3, -0.25) is 24.0 Å². The minimum atomic E-state index is -2.22. The summed E-state index contributed by atoms with van der Waals surface area (Å²) in [5.41, 5.74) is -6.86. The van der Waals surface area contributed by atoms with Crippen molar-refractivity contribution in [1.82, 2.24) is 0 Å². The van der Waals surface area contributed by atoms with Crippen LogP contribution in [0, 0.1) is 34.5 Å². The standard InChI is InChI=1S/C37H46O14/c1-18-14-36(45)27(28(18)50-31(44)23-12-10-9-11-13-23)30(49-26(42)17-46-19(2)38)37(51-22(5)41)15-24-25(16-34(6,7)29(24)43)35(8,32(36)47-20(3)39)33(37)48-21(4)40/h9-13,18,24-25,27-28,30,32-33,45H,14-17H2,1-8H3/t18-,24+,25-,27+,28-,30+,32+,33-,35?,36+,37?/m0/s1. The predicted molar refractivity (Wildman–Crippen MR) is 173 cm³/mol. The molecule has 1 N–H and O–H groups in total. The third-order valence-electron chi connectivity index (χ3n) is 11.3. The fourth-order valence-electron chi connectivity index (χ4n) is 9.77. The second kappa shape index (κ2) is 13.3. The van der Waals surface area contributed by atoms with E-state index in [-0.39, 0.29) is 30.6 Å². The average molecular weight is 715 g/mol. The van der Waals surface area contributed by atoms with Crippen molar-refractivity contribution in [3.05, 3.63) is 35.9 Å². The molecule has 2 unspecified atom stereocenters. The SMILES string of the molecule is CC(=O)OCC(=O)O[C@@H]1[C@H]2[C@@H](OC(=O)c3ccccc3)[C@@H](C)C[C@]2(O)[C@H](OC(C)=O)C2(C)[C@H](OC(C)=O)C1(OC(C)=O)C[C@H]1C(=O)C(C)(C)C[C@@H]12. The molecule has 0 heterocycles. The van der Waals surface area contributed by atoms with Crippen LogP contribution in [0.4, 0.5) is 0 Å². The molecular weight excluding hydrogens is 668 g/mol. The molecule has 1 aromatic rings. The number of hydrogen-bond acceptors (Lipinski definition) is 14. The maximum absolute atomic E-state index is 14.2. The summed E-state index contributed by atoms with van der Waals surface area (Å²) < 4.78 is 35.5. The molecule has 0 radical (unpaired) electrons. The van der Waals surface area contributed by atoms with Gasteiger partial charge >= 0.3 is 35.8 Å². The van der Waals surface area contributed by atoms with E-state index in [1.807, 2.05) is 0 Å². The number of fused-ring (bicyclic) bond motifs is 5. The van der Waals surface area contributed by atoms with Crippen LogP contribution in [0.1, 0.15) is 85.0 Å². The van der Waals surface area contributed by atoms with E-state index in [1.54, 1.807) is 45.9 Å². The van der Waals surface area contributed by atoms with Gasteiger partial charge in [-0.05, 0) is 36.8 Å². The first-order valence-corrected chi connectivity index (χ1v) is 17.1. The van der Waals surface area contributed by atoms with Crippen LogP contribution in [0.3, 0.4) is 0 Å². The van der Waals surface area contributed by atoms with Crippen molar-refractivity contribution >= 4 is 41.6 Å². The quantitative estimate of drug-likeness (QED) is 0.305. The van der Waals surface area contributed by atoms with E-state index in [0.29, 0.717) is 0 Å². The molecule has 0 aliphatic heterocycles. The summed E-state index contributed by atoms with van der Waals surface area (Å²) in [4.78, 5) is 92.6. The zero-order valence-electron chi connectivity index (χ0n) is 30.1. The molecule has 4 fully saturated rings. The number of ketones is 1. The number of carbonyl (C=O) groups is 7. The van der Waals surface area contributed by atoms with Gasteiger partial charge in [-0.1, -0.05) is 45.9 Å². The second-order valence-corrected chi connectivity index (χ2v) is 15.4. The lowest BCUT2D eigenvalue weighted by Crippen LogP contribution is -2.70. The molecule has 4 aliphatic rings. The molecule has 0 saturated heterocycles. The molecule has 14 nitrogen and oxygen atoms in total. The molecule has 5 rings (SSSR count). The van der Waals surface area contributed by atoms with Gasteiger partial charge in [-0.2, -0.15) is 0 Å². The van der Waals surface area contributed by atoms with Gasteiger partial charge in [-0.25, -0.2) is 9.59 Å². The second-order valence-electron chi connectivity index (χ2n) is 15.4. The van der Waals surface area contributed by atoms with Crippen molar-refractivity contribution < 1.29 is 67.1 Å². The largest absolute Gasteiger partial charge is 0.459 e. The summed E-state index contributed by atoms with van der Waals surface area (Å²) in [6.45, 7) is 10.4. The highest BCUT2D eigenvalue weighted by atomic mass is 16.6. The molecule has 2 bridgehead atoms. The lowest BCUT2D eigenvalue weighted by atomic mass is 9.53. The van der Waals surface area contributed by atoms with Crippen LogP contribution in [-0.4, -0.2) is 88.9 Å². The van der Waals surface area contributed by atoms with Crippen molar-refractivity contribution in [2.24, 2.45) is 34.5 Å². The highest BCUT2D eigenvalue weighted by Gasteiger charge is 2.82. The molecule has 0 spiro atoms. The Morgan fingerprint density at radius 1 is 0.784 bits per heavy atom. The number of carbonyl (C=O) groups excluding carboxylic acids is 7. The number of Topliss-reactive ketones (excluding diaryl/α,β-unsaturated/α-hetero) is 1. The molecule has 14 heteroatoms. The first-order valence-electron chi connectivity index (χ1n) is 17.1. The summed E-state index contributed by atoms with van der Waals surface area (Å²) in [6.07, 6.45) is -6.55. The van der Waals surface area contributed by atoms with E-state index in [1.165, 1.54) is 12.1 Å². The zero-order valence-corrected chi connectivity index (χ0v) is 30.1. The van der Waals surface area contributed by atoms with Crippen molar-refractivity contribution in [2.45, 2.75) is 110 Å². The number of hydrogen-bond donors (Lipinski definition) is 1. The fraction of sp³-hybridized carbons (Fsp3) is 0.649. The highest BCUT2D eigenvalue weighted by Crippen LogP contribution is 2.69. The average Bonchev–Trinajstić information content (AvgIpc) is 3.41. The van der Waals surface area contributed by atoms with Crippen molar-refractivity contribution in [3.8, 4) is 0 Å². The normalized spacial score (nSPS) is 37.5. The van der Waals surface area contributed by atoms with Gasteiger partial charge in [0.25, 0.3) is 0 Å². The van der Waals surface area contributed by atoms with Crippen LogP contribution >= 0.6 is 0 Å². The Balaban J connectivity index is 1.85. The first kappa shape index (κ1) is 37.9. The summed E-state index contributed by atoms with van der Waals surface area (Å²) in [5, 5.41) is 13.2. The molecule has 11 atom stereocenters. The van der Waals surface area contributed by atoms with Gasteiger partial charge in [0, 0.05) is 45.4 Å². The number of benzene rings is 1. The van der Waals surface area contributed by atoms with Gasteiger partial charge in [-0.15, -0.1) is 0 Å². The van der Waals surface area contributed by atoms with Crippen LogP contribution in [0.15, 0.2) is 30.3 Å². The van der Waals surface area contributed by atoms with E-state index in [0.717, 1.165) is 27.7 Å². The van der Waals surface area contributed by atoms with Crippen LogP contribution in [0.25, 0.3) is 0 Å². The smallest absolute Gasteiger partial charge is 0.344 e. The van der Waals surface area contributed by atoms with Crippen molar-refractivity contribution in [1.29, 1.82) is 0 Å². The highest BCUT2D eigenvalue weighted by molar-refractivity contribution is 5.90. The minimum Gasteiger partial charge on any atom is -0.459 e. The van der Waals surface area contributed by atoms with E-state index in [2.05, 4.69) is 0 Å². The molecule has 0 amide bonds. The van der Waals surface area contributed by atoms with E-state index < -0.39 is 113 Å². The van der Waals surface area contributed by atoms with E-state index >= 15 is 0 Å². The van der Waals surface area contributed by atoms with Gasteiger partial charge in [0.1, 0.15) is 23.6 Å². The molecule has 0 aromatic heterocycles. The summed E-state index contributed by atoms with van der Waals surface area (Å²) >= 11 is 0. The Labute approximate surface area is 295 Å². The zero-order chi connectivity index (χ0) is 37.8. The van der Waals surface area contributed by atoms with E-state index in [4.69, 9.17) is 28.4 Å². The Morgan fingerprint density at radius 3 is 1.96 bits per heavy atom. The summed E-state index contributed by atoms with van der Waals surface area (Å²) in [6, 6.07) is 8.03. The Bertz CT molecular complexity index is 1620. The molecular formula is C37H46O14. The first-order chi connectivity index (χ1) is 23.7. The molecule has 4 aliphatic carbocycles. The van der Waals surface area contributed by atoms with E-state index in [9.17, 15) is 38.7 Å².